The maximum Gasteiger partial charge on any atom is 0.119 e. The van der Waals surface area contributed by atoms with Crippen molar-refractivity contribution < 1.29 is 4.74 Å². The summed E-state index contributed by atoms with van der Waals surface area (Å²) in [6, 6.07) is 12.8. The zero-order valence-corrected chi connectivity index (χ0v) is 12.2. The Labute approximate surface area is 117 Å². The maximum atomic E-state index is 5.34. The minimum absolute atomic E-state index is 0.929. The van der Waals surface area contributed by atoms with Gasteiger partial charge < -0.3 is 4.74 Å². The second-order valence-electron chi connectivity index (χ2n) is 4.78. The third kappa shape index (κ3) is 2.02. The van der Waals surface area contributed by atoms with Crippen LogP contribution in [0.5, 0.6) is 5.75 Å². The van der Waals surface area contributed by atoms with E-state index in [-0.39, 0.29) is 0 Å². The predicted molar refractivity (Wildman–Crippen MR) is 83.3 cm³/mol. The summed E-state index contributed by atoms with van der Waals surface area (Å²) >= 11 is 1.80. The third-order valence-electron chi connectivity index (χ3n) is 3.49. The van der Waals surface area contributed by atoms with Gasteiger partial charge in [-0.05, 0) is 54.1 Å². The molecule has 0 aliphatic rings. The molecule has 2 aromatic carbocycles. The lowest BCUT2D eigenvalue weighted by Crippen LogP contribution is -1.91. The summed E-state index contributed by atoms with van der Waals surface area (Å²) in [5.74, 6) is 0.929. The van der Waals surface area contributed by atoms with Crippen molar-refractivity contribution in [3.8, 4) is 16.9 Å². The van der Waals surface area contributed by atoms with E-state index in [1.807, 2.05) is 0 Å². The zero-order valence-electron chi connectivity index (χ0n) is 11.4. The second-order valence-corrected chi connectivity index (χ2v) is 5.69. The molecule has 0 aliphatic carbocycles. The molecule has 0 bridgehead atoms. The van der Waals surface area contributed by atoms with Crippen molar-refractivity contribution in [2.24, 2.45) is 0 Å². The van der Waals surface area contributed by atoms with Gasteiger partial charge in [-0.2, -0.15) is 0 Å². The van der Waals surface area contributed by atoms with Crippen LogP contribution in [0.4, 0.5) is 0 Å². The molecule has 2 heteroatoms. The number of hydrogen-bond acceptors (Lipinski definition) is 2. The summed E-state index contributed by atoms with van der Waals surface area (Å²) in [7, 11) is 1.72. The van der Waals surface area contributed by atoms with Crippen molar-refractivity contribution in [1.29, 1.82) is 0 Å². The first-order valence-electron chi connectivity index (χ1n) is 6.32. The highest BCUT2D eigenvalue weighted by atomic mass is 32.1. The van der Waals surface area contributed by atoms with Crippen LogP contribution in [0.1, 0.15) is 11.1 Å². The molecule has 0 radical (unpaired) electrons. The Kier molecular flexibility index (Phi) is 3.03. The second kappa shape index (κ2) is 4.71. The van der Waals surface area contributed by atoms with E-state index in [1.165, 1.54) is 32.3 Å². The average molecular weight is 268 g/mol. The Hall–Kier alpha value is -1.80. The van der Waals surface area contributed by atoms with Gasteiger partial charge in [0.15, 0.2) is 0 Å². The van der Waals surface area contributed by atoms with Gasteiger partial charge in [0, 0.05) is 15.6 Å². The van der Waals surface area contributed by atoms with Crippen LogP contribution in [0.3, 0.4) is 0 Å². The van der Waals surface area contributed by atoms with Gasteiger partial charge >= 0.3 is 0 Å². The molecule has 0 spiro atoms. The lowest BCUT2D eigenvalue weighted by atomic mass is 9.95. The van der Waals surface area contributed by atoms with Gasteiger partial charge in [0.2, 0.25) is 0 Å². The normalized spacial score (nSPS) is 10.9. The van der Waals surface area contributed by atoms with Gasteiger partial charge in [-0.25, -0.2) is 0 Å². The number of hydrogen-bond donors (Lipinski definition) is 0. The van der Waals surface area contributed by atoms with E-state index in [1.54, 1.807) is 18.4 Å². The number of benzene rings is 2. The molecule has 0 aliphatic heterocycles. The Balaban J connectivity index is 2.27. The van der Waals surface area contributed by atoms with E-state index < -0.39 is 0 Å². The van der Waals surface area contributed by atoms with Gasteiger partial charge in [-0.3, -0.25) is 0 Å². The van der Waals surface area contributed by atoms with Crippen LogP contribution in [0, 0.1) is 13.8 Å². The molecule has 0 amide bonds. The highest BCUT2D eigenvalue weighted by Gasteiger charge is 2.12. The van der Waals surface area contributed by atoms with Gasteiger partial charge in [-0.1, -0.05) is 18.2 Å². The summed E-state index contributed by atoms with van der Waals surface area (Å²) in [6.07, 6.45) is 0. The Morgan fingerprint density at radius 1 is 1.00 bits per heavy atom. The summed E-state index contributed by atoms with van der Waals surface area (Å²) in [6.45, 7) is 4.30. The largest absolute Gasteiger partial charge is 0.497 e. The molecule has 0 saturated carbocycles. The molecule has 19 heavy (non-hydrogen) atoms. The van der Waals surface area contributed by atoms with Gasteiger partial charge in [0.1, 0.15) is 5.75 Å². The van der Waals surface area contributed by atoms with Crippen LogP contribution in [0.2, 0.25) is 0 Å². The topological polar surface area (TPSA) is 9.23 Å². The Morgan fingerprint density at radius 2 is 1.68 bits per heavy atom. The maximum absolute atomic E-state index is 5.34. The fourth-order valence-corrected chi connectivity index (χ4v) is 3.59. The molecule has 0 unspecified atom stereocenters. The first kappa shape index (κ1) is 12.2. The van der Waals surface area contributed by atoms with Crippen molar-refractivity contribution in [3.05, 3.63) is 52.9 Å². The smallest absolute Gasteiger partial charge is 0.119 e. The highest BCUT2D eigenvalue weighted by molar-refractivity contribution is 7.17. The van der Waals surface area contributed by atoms with E-state index in [9.17, 15) is 0 Å². The Morgan fingerprint density at radius 3 is 2.37 bits per heavy atom. The summed E-state index contributed by atoms with van der Waals surface area (Å²) in [5.41, 5.74) is 5.19. The van der Waals surface area contributed by atoms with Crippen LogP contribution < -0.4 is 4.74 Å². The molecular formula is C17H16OS. The standard InChI is InChI=1S/C17H16OS/c1-11-8-13(18-3)9-12(2)17(11)15-10-19-16-7-5-4-6-14(15)16/h4-10H,1-3H3. The van der Waals surface area contributed by atoms with Crippen molar-refractivity contribution in [3.63, 3.8) is 0 Å². The fraction of sp³-hybridized carbons (Fsp3) is 0.176. The van der Waals surface area contributed by atoms with Gasteiger partial charge in [-0.15, -0.1) is 11.3 Å². The number of thiophene rings is 1. The molecule has 0 fully saturated rings. The van der Waals surface area contributed by atoms with Crippen LogP contribution in [-0.2, 0) is 0 Å². The summed E-state index contributed by atoms with van der Waals surface area (Å²) in [5, 5.41) is 3.59. The molecule has 1 heterocycles. The first-order valence-corrected chi connectivity index (χ1v) is 7.20. The SMILES string of the molecule is COc1cc(C)c(-c2csc3ccccc23)c(C)c1. The van der Waals surface area contributed by atoms with E-state index in [4.69, 9.17) is 4.74 Å². The van der Waals surface area contributed by atoms with E-state index >= 15 is 0 Å². The minimum atomic E-state index is 0.929. The summed E-state index contributed by atoms with van der Waals surface area (Å²) in [4.78, 5) is 0. The van der Waals surface area contributed by atoms with E-state index in [0.29, 0.717) is 0 Å². The molecule has 0 N–H and O–H groups in total. The quantitative estimate of drug-likeness (QED) is 0.621. The van der Waals surface area contributed by atoms with Crippen molar-refractivity contribution in [2.75, 3.05) is 7.11 Å². The van der Waals surface area contributed by atoms with Gasteiger partial charge in [0.05, 0.1) is 7.11 Å². The molecule has 3 aromatic rings. The molecule has 1 nitrogen and oxygen atoms in total. The van der Waals surface area contributed by atoms with Crippen molar-refractivity contribution in [2.45, 2.75) is 13.8 Å². The number of methoxy groups -OCH3 is 1. The van der Waals surface area contributed by atoms with Crippen LogP contribution in [0.25, 0.3) is 21.2 Å². The average Bonchev–Trinajstić information content (AvgIpc) is 2.82. The lowest BCUT2D eigenvalue weighted by Gasteiger charge is -2.11. The molecule has 1 aromatic heterocycles. The number of fused-ring (bicyclic) bond motifs is 1. The monoisotopic (exact) mass is 268 g/mol. The first-order chi connectivity index (χ1) is 9.20. The van der Waals surface area contributed by atoms with Crippen LogP contribution in [-0.4, -0.2) is 7.11 Å². The third-order valence-corrected chi connectivity index (χ3v) is 4.46. The van der Waals surface area contributed by atoms with E-state index in [2.05, 4.69) is 55.6 Å². The predicted octanol–water partition coefficient (Wildman–Crippen LogP) is 5.19. The minimum Gasteiger partial charge on any atom is -0.497 e. The molecule has 96 valence electrons. The number of ether oxygens (including phenoxy) is 1. The van der Waals surface area contributed by atoms with Crippen LogP contribution >= 0.6 is 11.3 Å². The van der Waals surface area contributed by atoms with Gasteiger partial charge in [0.25, 0.3) is 0 Å². The Bertz CT molecular complexity index is 717. The number of aryl methyl sites for hydroxylation is 2. The molecule has 3 rings (SSSR count). The zero-order chi connectivity index (χ0) is 13.4. The van der Waals surface area contributed by atoms with Crippen molar-refractivity contribution in [1.82, 2.24) is 0 Å². The molecule has 0 saturated heterocycles. The summed E-state index contributed by atoms with van der Waals surface area (Å²) < 4.78 is 6.68. The fourth-order valence-electron chi connectivity index (χ4n) is 2.64. The highest BCUT2D eigenvalue weighted by Crippen LogP contribution is 2.38. The molecular weight excluding hydrogens is 252 g/mol. The lowest BCUT2D eigenvalue weighted by molar-refractivity contribution is 0.414. The molecule has 0 atom stereocenters. The number of rotatable bonds is 2. The van der Waals surface area contributed by atoms with Crippen LogP contribution in [0.15, 0.2) is 41.8 Å². The van der Waals surface area contributed by atoms with Crippen molar-refractivity contribution >= 4 is 21.4 Å². The van der Waals surface area contributed by atoms with E-state index in [0.717, 1.165) is 5.75 Å².